The molecule has 0 aromatic heterocycles. The highest BCUT2D eigenvalue weighted by atomic mass is 16.3. The van der Waals surface area contributed by atoms with Crippen molar-refractivity contribution in [3.8, 4) is 0 Å². The Morgan fingerprint density at radius 1 is 1.00 bits per heavy atom. The molecule has 0 atom stereocenters. The van der Waals surface area contributed by atoms with Gasteiger partial charge in [-0.25, -0.2) is 20.0 Å². The first-order valence-corrected chi connectivity index (χ1v) is 4.66. The van der Waals surface area contributed by atoms with Crippen LogP contribution in [0.15, 0.2) is 5.29 Å². The maximum absolute atomic E-state index is 10.4. The van der Waals surface area contributed by atoms with Crippen molar-refractivity contribution in [2.45, 2.75) is 5.54 Å². The lowest BCUT2D eigenvalue weighted by atomic mass is 9.98. The highest BCUT2D eigenvalue weighted by molar-refractivity contribution is 5.00. The van der Waals surface area contributed by atoms with Crippen molar-refractivity contribution in [1.82, 2.24) is 20.0 Å². The van der Waals surface area contributed by atoms with Crippen LogP contribution >= 0.6 is 0 Å². The molecule has 2 saturated heterocycles. The van der Waals surface area contributed by atoms with Crippen molar-refractivity contribution in [2.75, 3.05) is 33.0 Å². The minimum atomic E-state index is -0.407. The zero-order chi connectivity index (χ0) is 11.1. The fraction of sp³-hybridized carbons (Fsp3) is 1.00. The molecule has 15 heavy (non-hydrogen) atoms. The Balaban J connectivity index is 2.14. The van der Waals surface area contributed by atoms with Gasteiger partial charge in [0, 0.05) is 13.1 Å². The van der Waals surface area contributed by atoms with Crippen molar-refractivity contribution < 1.29 is 0 Å². The van der Waals surface area contributed by atoms with Crippen LogP contribution in [0.3, 0.4) is 0 Å². The van der Waals surface area contributed by atoms with Crippen LogP contribution in [-0.2, 0) is 0 Å². The molecule has 0 amide bonds. The number of hydrazine groups is 3. The summed E-state index contributed by atoms with van der Waals surface area (Å²) >= 11 is 0. The van der Waals surface area contributed by atoms with E-state index in [2.05, 4.69) is 5.29 Å². The molecule has 9 heteroatoms. The van der Waals surface area contributed by atoms with Crippen molar-refractivity contribution in [3.63, 3.8) is 0 Å². The predicted molar refractivity (Wildman–Crippen MR) is 52.8 cm³/mol. The number of rotatable bonds is 1. The summed E-state index contributed by atoms with van der Waals surface area (Å²) in [6.45, 7) is 2.40. The van der Waals surface area contributed by atoms with E-state index < -0.39 is 5.54 Å². The van der Waals surface area contributed by atoms with Crippen molar-refractivity contribution >= 4 is 0 Å². The standard InChI is InChI=1S/C6H16N8O/c7-11-1-6(2-12(8)4-11)3-13(10-15)5-14(6)9/h1-5,7-9H2. The van der Waals surface area contributed by atoms with Gasteiger partial charge in [0.1, 0.15) is 6.67 Å². The molecular formula is C6H16N8O. The Morgan fingerprint density at radius 2 is 1.60 bits per heavy atom. The van der Waals surface area contributed by atoms with Gasteiger partial charge in [0.2, 0.25) is 0 Å². The predicted octanol–water partition coefficient (Wildman–Crippen LogP) is -2.82. The van der Waals surface area contributed by atoms with Gasteiger partial charge in [-0.1, -0.05) is 0 Å². The lowest BCUT2D eigenvalue weighted by Crippen LogP contribution is -2.70. The van der Waals surface area contributed by atoms with Gasteiger partial charge in [-0.05, 0) is 0 Å². The first-order valence-electron chi connectivity index (χ1n) is 4.66. The summed E-state index contributed by atoms with van der Waals surface area (Å²) in [5.74, 6) is 17.3. The lowest BCUT2D eigenvalue weighted by molar-refractivity contribution is -0.0251. The molecule has 1 spiro atoms. The quantitative estimate of drug-likeness (QED) is 0.317. The van der Waals surface area contributed by atoms with Crippen LogP contribution in [0.4, 0.5) is 0 Å². The third kappa shape index (κ3) is 1.80. The summed E-state index contributed by atoms with van der Waals surface area (Å²) in [6.07, 6.45) is 0. The van der Waals surface area contributed by atoms with Crippen LogP contribution < -0.4 is 17.5 Å². The summed E-state index contributed by atoms with van der Waals surface area (Å²) in [6, 6.07) is 0. The first kappa shape index (κ1) is 10.7. The second-order valence-electron chi connectivity index (χ2n) is 4.22. The third-order valence-corrected chi connectivity index (χ3v) is 2.88. The average molecular weight is 216 g/mol. The van der Waals surface area contributed by atoms with Gasteiger partial charge < -0.3 is 0 Å². The summed E-state index contributed by atoms with van der Waals surface area (Å²) < 4.78 is 0. The van der Waals surface area contributed by atoms with Gasteiger partial charge in [-0.2, -0.15) is 0 Å². The van der Waals surface area contributed by atoms with E-state index in [0.29, 0.717) is 33.0 Å². The molecule has 86 valence electrons. The topological polar surface area (TPSA) is 120 Å². The molecule has 9 nitrogen and oxygen atoms in total. The number of nitrogens with zero attached hydrogens (tertiary/aromatic N) is 5. The number of hydrogen-bond acceptors (Lipinski definition) is 8. The molecular weight excluding hydrogens is 200 g/mol. The molecule has 2 fully saturated rings. The Bertz CT molecular complexity index is 250. The van der Waals surface area contributed by atoms with Crippen LogP contribution in [0.2, 0.25) is 0 Å². The van der Waals surface area contributed by atoms with Crippen molar-refractivity contribution in [1.29, 1.82) is 0 Å². The Morgan fingerprint density at radius 3 is 2.07 bits per heavy atom. The average Bonchev–Trinajstić information content (AvgIpc) is 2.41. The zero-order valence-corrected chi connectivity index (χ0v) is 8.41. The Hall–Kier alpha value is -0.840. The number of nitroso groups, excluding NO2 is 1. The fourth-order valence-corrected chi connectivity index (χ4v) is 2.28. The third-order valence-electron chi connectivity index (χ3n) is 2.88. The van der Waals surface area contributed by atoms with Gasteiger partial charge in [0.05, 0.1) is 24.0 Å². The van der Waals surface area contributed by atoms with E-state index in [1.54, 1.807) is 15.0 Å². The van der Waals surface area contributed by atoms with Crippen LogP contribution in [0, 0.1) is 4.91 Å². The minimum Gasteiger partial charge on any atom is -0.267 e. The minimum absolute atomic E-state index is 0.311. The van der Waals surface area contributed by atoms with Crippen LogP contribution in [0.5, 0.6) is 0 Å². The van der Waals surface area contributed by atoms with Crippen LogP contribution in [-0.4, -0.2) is 58.5 Å². The molecule has 2 rings (SSSR count). The van der Waals surface area contributed by atoms with E-state index in [-0.39, 0.29) is 0 Å². The maximum Gasteiger partial charge on any atom is 0.105 e. The van der Waals surface area contributed by atoms with Crippen molar-refractivity contribution in [2.24, 2.45) is 22.8 Å². The monoisotopic (exact) mass is 216 g/mol. The van der Waals surface area contributed by atoms with Crippen molar-refractivity contribution in [3.05, 3.63) is 4.91 Å². The molecule has 2 aliphatic rings. The normalized spacial score (nSPS) is 28.9. The van der Waals surface area contributed by atoms with Gasteiger partial charge in [-0.15, -0.1) is 4.91 Å². The zero-order valence-electron chi connectivity index (χ0n) is 8.41. The molecule has 0 bridgehead atoms. The molecule has 0 radical (unpaired) electrons. The number of nitrogens with two attached hydrogens (primary N) is 3. The Labute approximate surface area is 87.2 Å². The molecule has 2 aliphatic heterocycles. The largest absolute Gasteiger partial charge is 0.267 e. The van der Waals surface area contributed by atoms with Gasteiger partial charge in [0.25, 0.3) is 0 Å². The maximum atomic E-state index is 10.4. The molecule has 0 aromatic rings. The van der Waals surface area contributed by atoms with Gasteiger partial charge >= 0.3 is 0 Å². The summed E-state index contributed by atoms with van der Waals surface area (Å²) in [7, 11) is 0. The van der Waals surface area contributed by atoms with Crippen LogP contribution in [0.25, 0.3) is 0 Å². The Kier molecular flexibility index (Phi) is 2.58. The molecule has 6 N–H and O–H groups in total. The SMILES string of the molecule is NN1CN(N)CC2(C1)CN(N=O)CN2N. The lowest BCUT2D eigenvalue weighted by Gasteiger charge is -2.44. The van der Waals surface area contributed by atoms with Gasteiger partial charge in [-0.3, -0.25) is 17.5 Å². The second-order valence-corrected chi connectivity index (χ2v) is 4.22. The molecule has 2 heterocycles. The molecule has 0 saturated carbocycles. The summed E-state index contributed by atoms with van der Waals surface area (Å²) in [4.78, 5) is 10.4. The fourth-order valence-electron chi connectivity index (χ4n) is 2.28. The van der Waals surface area contributed by atoms with E-state index >= 15 is 0 Å². The number of hydrogen-bond donors (Lipinski definition) is 3. The van der Waals surface area contributed by atoms with Gasteiger partial charge in [0.15, 0.2) is 0 Å². The molecule has 0 aromatic carbocycles. The highest BCUT2D eigenvalue weighted by Gasteiger charge is 2.48. The molecule has 0 aliphatic carbocycles. The van der Waals surface area contributed by atoms with E-state index in [1.165, 1.54) is 5.01 Å². The first-order chi connectivity index (χ1) is 7.05. The van der Waals surface area contributed by atoms with E-state index in [0.717, 1.165) is 0 Å². The molecule has 0 unspecified atom stereocenters. The summed E-state index contributed by atoms with van der Waals surface area (Å²) in [5.41, 5.74) is -0.407. The van der Waals surface area contributed by atoms with E-state index in [9.17, 15) is 4.91 Å². The van der Waals surface area contributed by atoms with E-state index in [4.69, 9.17) is 17.5 Å². The summed E-state index contributed by atoms with van der Waals surface area (Å²) in [5, 5.41) is 8.99. The second kappa shape index (κ2) is 3.63. The highest BCUT2D eigenvalue weighted by Crippen LogP contribution is 2.25. The smallest absolute Gasteiger partial charge is 0.105 e. The van der Waals surface area contributed by atoms with Crippen LogP contribution in [0.1, 0.15) is 0 Å². The van der Waals surface area contributed by atoms with E-state index in [1.807, 2.05) is 0 Å².